The number of carbonyl (C=O) groups is 1. The summed E-state index contributed by atoms with van der Waals surface area (Å²) in [5, 5.41) is 0. The Bertz CT molecular complexity index is 464. The molecule has 2 atom stereocenters. The van der Waals surface area contributed by atoms with E-state index in [1.54, 1.807) is 14.0 Å². The molecule has 0 aromatic heterocycles. The molecule has 0 aliphatic carbocycles. The van der Waals surface area contributed by atoms with Gasteiger partial charge in [-0.1, -0.05) is 50.4 Å². The highest BCUT2D eigenvalue weighted by Gasteiger charge is 2.19. The zero-order valence-corrected chi connectivity index (χ0v) is 15.1. The molecule has 1 aliphatic heterocycles. The molecular formula is C20H30O4. The van der Waals surface area contributed by atoms with Gasteiger partial charge in [0.2, 0.25) is 0 Å². The maximum absolute atomic E-state index is 11.9. The Morgan fingerprint density at radius 2 is 1.71 bits per heavy atom. The van der Waals surface area contributed by atoms with Gasteiger partial charge in [-0.3, -0.25) is 4.79 Å². The topological polar surface area (TPSA) is 44.8 Å². The molecule has 1 rings (SSSR count). The molecule has 4 nitrogen and oxygen atoms in total. The first-order chi connectivity index (χ1) is 11.7. The van der Waals surface area contributed by atoms with E-state index in [9.17, 15) is 4.79 Å². The van der Waals surface area contributed by atoms with E-state index in [1.165, 1.54) is 32.1 Å². The number of esters is 1. The predicted octanol–water partition coefficient (Wildman–Crippen LogP) is 3.83. The van der Waals surface area contributed by atoms with Gasteiger partial charge in [-0.2, -0.15) is 0 Å². The van der Waals surface area contributed by atoms with Crippen LogP contribution >= 0.6 is 0 Å². The Balaban J connectivity index is 2.63. The number of cyclic esters (lactones) is 1. The number of rotatable bonds is 3. The summed E-state index contributed by atoms with van der Waals surface area (Å²) in [7, 11) is 1.55. The summed E-state index contributed by atoms with van der Waals surface area (Å²) in [5.41, 5.74) is 0. The largest absolute Gasteiger partial charge is 0.459 e. The summed E-state index contributed by atoms with van der Waals surface area (Å²) in [6.45, 7) is 1.90. The fraction of sp³-hybridized carbons (Fsp3) is 0.750. The van der Waals surface area contributed by atoms with E-state index in [0.29, 0.717) is 6.42 Å². The van der Waals surface area contributed by atoms with E-state index in [4.69, 9.17) is 14.2 Å². The van der Waals surface area contributed by atoms with Crippen LogP contribution in [0.1, 0.15) is 71.1 Å². The molecule has 134 valence electrons. The van der Waals surface area contributed by atoms with Crippen molar-refractivity contribution in [1.29, 1.82) is 0 Å². The molecule has 4 heteroatoms. The van der Waals surface area contributed by atoms with Crippen molar-refractivity contribution in [3.8, 4) is 23.7 Å². The number of methoxy groups -OCH3 is 1. The second kappa shape index (κ2) is 13.9. The molecule has 0 aromatic carbocycles. The second-order valence-electron chi connectivity index (χ2n) is 6.09. The summed E-state index contributed by atoms with van der Waals surface area (Å²) in [6, 6.07) is 0. The van der Waals surface area contributed by atoms with E-state index in [-0.39, 0.29) is 12.8 Å². The maximum Gasteiger partial charge on any atom is 0.306 e. The number of hydrogen-bond donors (Lipinski definition) is 0. The van der Waals surface area contributed by atoms with Crippen molar-refractivity contribution in [2.24, 2.45) is 0 Å². The minimum atomic E-state index is -0.526. The first kappa shape index (κ1) is 20.6. The highest BCUT2D eigenvalue weighted by Crippen LogP contribution is 2.12. The van der Waals surface area contributed by atoms with E-state index in [0.717, 1.165) is 25.7 Å². The molecule has 0 N–H and O–H groups in total. The summed E-state index contributed by atoms with van der Waals surface area (Å²) in [5.74, 6) is 11.5. The van der Waals surface area contributed by atoms with Crippen molar-refractivity contribution in [3.05, 3.63) is 0 Å². The Labute approximate surface area is 146 Å². The van der Waals surface area contributed by atoms with Gasteiger partial charge in [0.15, 0.2) is 6.10 Å². The third kappa shape index (κ3) is 10.3. The number of hydrogen-bond acceptors (Lipinski definition) is 4. The molecule has 0 spiro atoms. The quantitative estimate of drug-likeness (QED) is 0.447. The molecule has 0 aromatic rings. The summed E-state index contributed by atoms with van der Waals surface area (Å²) in [4.78, 5) is 11.9. The van der Waals surface area contributed by atoms with Gasteiger partial charge in [-0.05, 0) is 31.6 Å². The third-order valence-corrected chi connectivity index (χ3v) is 3.91. The number of ether oxygens (including phenoxy) is 3. The van der Waals surface area contributed by atoms with Crippen LogP contribution in [0.5, 0.6) is 0 Å². The Morgan fingerprint density at radius 1 is 1.04 bits per heavy atom. The predicted molar refractivity (Wildman–Crippen MR) is 94.0 cm³/mol. The van der Waals surface area contributed by atoms with Crippen molar-refractivity contribution >= 4 is 5.97 Å². The molecule has 1 unspecified atom stereocenters. The molecule has 0 fully saturated rings. The number of carbonyl (C=O) groups excluding carboxylic acids is 1. The van der Waals surface area contributed by atoms with Gasteiger partial charge >= 0.3 is 5.97 Å². The van der Waals surface area contributed by atoms with Crippen LogP contribution in [0.15, 0.2) is 0 Å². The van der Waals surface area contributed by atoms with Gasteiger partial charge in [-0.25, -0.2) is 0 Å². The third-order valence-electron chi connectivity index (χ3n) is 3.91. The Hall–Kier alpha value is -1.49. The van der Waals surface area contributed by atoms with Crippen molar-refractivity contribution < 1.29 is 19.0 Å². The lowest BCUT2D eigenvalue weighted by atomic mass is 10.1. The van der Waals surface area contributed by atoms with Crippen LogP contribution in [0.4, 0.5) is 0 Å². The van der Waals surface area contributed by atoms with Crippen molar-refractivity contribution in [2.75, 3.05) is 13.9 Å². The minimum Gasteiger partial charge on any atom is -0.459 e. The van der Waals surface area contributed by atoms with Crippen LogP contribution in [0.3, 0.4) is 0 Å². The molecule has 24 heavy (non-hydrogen) atoms. The highest BCUT2D eigenvalue weighted by atomic mass is 16.7. The van der Waals surface area contributed by atoms with E-state index in [2.05, 4.69) is 23.7 Å². The van der Waals surface area contributed by atoms with Crippen LogP contribution in [-0.2, 0) is 19.0 Å². The van der Waals surface area contributed by atoms with Crippen LogP contribution in [0, 0.1) is 23.7 Å². The van der Waals surface area contributed by atoms with Crippen molar-refractivity contribution in [2.45, 2.75) is 83.3 Å². The maximum atomic E-state index is 11.9. The van der Waals surface area contributed by atoms with Crippen LogP contribution in [0.25, 0.3) is 0 Å². The molecule has 0 saturated carbocycles. The van der Waals surface area contributed by atoms with Gasteiger partial charge in [0, 0.05) is 20.0 Å². The highest BCUT2D eigenvalue weighted by molar-refractivity contribution is 5.69. The first-order valence-electron chi connectivity index (χ1n) is 9.02. The Kier molecular flexibility index (Phi) is 11.9. The van der Waals surface area contributed by atoms with E-state index >= 15 is 0 Å². The average Bonchev–Trinajstić information content (AvgIpc) is 2.56. The lowest BCUT2D eigenvalue weighted by Gasteiger charge is -2.19. The standard InChI is InChI=1S/C20H30O4/c1-18-19(23-17-22-2)15-13-11-9-7-5-3-4-6-8-10-12-14-16-20(21)24-18/h18-19H,3-8,10,12,14,16-17H2,1-2H3/t18-,19?/m0/s1. The molecule has 0 amide bonds. The first-order valence-corrected chi connectivity index (χ1v) is 9.02. The van der Waals surface area contributed by atoms with Gasteiger partial charge in [0.1, 0.15) is 12.9 Å². The summed E-state index contributed by atoms with van der Waals surface area (Å²) >= 11 is 0. The van der Waals surface area contributed by atoms with Crippen molar-refractivity contribution in [1.82, 2.24) is 0 Å². The molecular weight excluding hydrogens is 304 g/mol. The molecule has 1 heterocycles. The van der Waals surface area contributed by atoms with Gasteiger partial charge in [0.25, 0.3) is 0 Å². The zero-order chi connectivity index (χ0) is 17.5. The van der Waals surface area contributed by atoms with E-state index < -0.39 is 12.2 Å². The summed E-state index contributed by atoms with van der Waals surface area (Å²) < 4.78 is 15.8. The second-order valence-corrected chi connectivity index (χ2v) is 6.09. The zero-order valence-electron chi connectivity index (χ0n) is 15.1. The van der Waals surface area contributed by atoms with Crippen LogP contribution in [-0.4, -0.2) is 32.1 Å². The molecule has 0 radical (unpaired) electrons. The van der Waals surface area contributed by atoms with Gasteiger partial charge < -0.3 is 14.2 Å². The van der Waals surface area contributed by atoms with Gasteiger partial charge in [-0.15, -0.1) is 0 Å². The molecule has 1 aliphatic rings. The average molecular weight is 334 g/mol. The van der Waals surface area contributed by atoms with Crippen molar-refractivity contribution in [3.63, 3.8) is 0 Å². The van der Waals surface area contributed by atoms with Crippen LogP contribution in [0.2, 0.25) is 0 Å². The fourth-order valence-corrected chi connectivity index (χ4v) is 2.52. The monoisotopic (exact) mass is 334 g/mol. The van der Waals surface area contributed by atoms with Crippen LogP contribution < -0.4 is 0 Å². The Morgan fingerprint density at radius 3 is 2.42 bits per heavy atom. The molecule has 0 saturated heterocycles. The minimum absolute atomic E-state index is 0.106. The SMILES string of the molecule is COCOC1C#CC#CCCCCCCCCCCC(=O)O[C@H]1C. The smallest absolute Gasteiger partial charge is 0.306 e. The van der Waals surface area contributed by atoms with E-state index in [1.807, 2.05) is 0 Å². The lowest BCUT2D eigenvalue weighted by molar-refractivity contribution is -0.158. The summed E-state index contributed by atoms with van der Waals surface area (Å²) in [6.07, 6.45) is 9.65. The normalized spacial score (nSPS) is 24.3. The lowest BCUT2D eigenvalue weighted by Crippen LogP contribution is -2.30. The fourth-order valence-electron chi connectivity index (χ4n) is 2.52. The van der Waals surface area contributed by atoms with Gasteiger partial charge in [0.05, 0.1) is 0 Å². The molecule has 0 bridgehead atoms.